The number of rotatable bonds is 4. The first-order valence-electron chi connectivity index (χ1n) is 6.93. The van der Waals surface area contributed by atoms with Gasteiger partial charge in [-0.1, -0.05) is 6.42 Å². The monoisotopic (exact) mass is 265 g/mol. The summed E-state index contributed by atoms with van der Waals surface area (Å²) >= 11 is 0. The molecular formula is C13H23N5O. The summed E-state index contributed by atoms with van der Waals surface area (Å²) in [5.41, 5.74) is 8.89. The molecule has 3 N–H and O–H groups in total. The van der Waals surface area contributed by atoms with Crippen LogP contribution in [0, 0.1) is 0 Å². The Hall–Kier alpha value is -1.40. The number of hydrogen-bond donors (Lipinski definition) is 2. The molecule has 0 aromatic carbocycles. The molecule has 2 atom stereocenters. The normalized spacial score (nSPS) is 24.4. The number of carbonyl (C=O) groups excluding carboxylic acids is 1. The van der Waals surface area contributed by atoms with E-state index in [-0.39, 0.29) is 5.91 Å². The van der Waals surface area contributed by atoms with Crippen LogP contribution in [0.1, 0.15) is 43.6 Å². The van der Waals surface area contributed by atoms with E-state index in [9.17, 15) is 4.79 Å². The second kappa shape index (κ2) is 6.16. The molecule has 1 amide bonds. The van der Waals surface area contributed by atoms with E-state index < -0.39 is 0 Å². The van der Waals surface area contributed by atoms with Gasteiger partial charge < -0.3 is 10.3 Å². The summed E-state index contributed by atoms with van der Waals surface area (Å²) in [6.07, 6.45) is 6.84. The molecule has 1 aromatic heterocycles. The van der Waals surface area contributed by atoms with Crippen molar-refractivity contribution >= 4 is 5.91 Å². The summed E-state index contributed by atoms with van der Waals surface area (Å²) in [6, 6.07) is 0.748. The van der Waals surface area contributed by atoms with Crippen molar-refractivity contribution in [1.29, 1.82) is 0 Å². The number of piperidine rings is 1. The molecule has 0 aliphatic carbocycles. The summed E-state index contributed by atoms with van der Waals surface area (Å²) in [4.78, 5) is 16.3. The van der Waals surface area contributed by atoms with Crippen LogP contribution in [-0.2, 0) is 6.54 Å². The van der Waals surface area contributed by atoms with Crippen molar-refractivity contribution in [3.63, 3.8) is 0 Å². The molecule has 0 radical (unpaired) electrons. The van der Waals surface area contributed by atoms with Crippen molar-refractivity contribution < 1.29 is 4.79 Å². The maximum absolute atomic E-state index is 12.2. The Morgan fingerprint density at radius 1 is 1.47 bits per heavy atom. The molecule has 1 aliphatic heterocycles. The lowest BCUT2D eigenvalue weighted by Crippen LogP contribution is -2.54. The number of nitrogens with zero attached hydrogens (tertiary/aromatic N) is 3. The van der Waals surface area contributed by atoms with Crippen molar-refractivity contribution in [2.75, 3.05) is 6.54 Å². The fourth-order valence-electron chi connectivity index (χ4n) is 2.56. The summed E-state index contributed by atoms with van der Waals surface area (Å²) < 4.78 is 1.83. The smallest absolute Gasteiger partial charge is 0.285 e. The molecule has 0 spiro atoms. The molecule has 19 heavy (non-hydrogen) atoms. The highest BCUT2D eigenvalue weighted by molar-refractivity contribution is 5.91. The van der Waals surface area contributed by atoms with Crippen LogP contribution in [0.15, 0.2) is 12.5 Å². The van der Waals surface area contributed by atoms with E-state index in [0.717, 1.165) is 12.8 Å². The molecule has 0 bridgehead atoms. The van der Waals surface area contributed by atoms with Crippen molar-refractivity contribution in [2.24, 2.45) is 5.73 Å². The molecular weight excluding hydrogens is 242 g/mol. The van der Waals surface area contributed by atoms with Gasteiger partial charge in [0.25, 0.3) is 5.91 Å². The third kappa shape index (κ3) is 3.33. The quantitative estimate of drug-likeness (QED) is 0.842. The van der Waals surface area contributed by atoms with Crippen LogP contribution in [0.25, 0.3) is 0 Å². The van der Waals surface area contributed by atoms with Crippen molar-refractivity contribution in [1.82, 2.24) is 20.0 Å². The average molecular weight is 265 g/mol. The highest BCUT2D eigenvalue weighted by Gasteiger charge is 2.26. The van der Waals surface area contributed by atoms with E-state index in [1.807, 2.05) is 9.58 Å². The first-order valence-corrected chi connectivity index (χ1v) is 6.93. The number of nitrogens with one attached hydrogen (secondary N) is 1. The van der Waals surface area contributed by atoms with Gasteiger partial charge in [-0.2, -0.15) is 0 Å². The molecule has 6 nitrogen and oxygen atoms in total. The second-order valence-corrected chi connectivity index (χ2v) is 5.26. The van der Waals surface area contributed by atoms with Gasteiger partial charge >= 0.3 is 0 Å². The molecule has 2 unspecified atom stereocenters. The van der Waals surface area contributed by atoms with E-state index in [4.69, 9.17) is 5.73 Å². The zero-order chi connectivity index (χ0) is 13.8. The van der Waals surface area contributed by atoms with Gasteiger partial charge in [0, 0.05) is 31.4 Å². The molecule has 1 aromatic rings. The van der Waals surface area contributed by atoms with Gasteiger partial charge in [0.15, 0.2) is 0 Å². The van der Waals surface area contributed by atoms with E-state index in [0.29, 0.717) is 30.9 Å². The molecule has 6 heteroatoms. The molecule has 2 rings (SSSR count). The predicted molar refractivity (Wildman–Crippen MR) is 73.4 cm³/mol. The molecule has 1 saturated heterocycles. The van der Waals surface area contributed by atoms with Crippen molar-refractivity contribution in [3.8, 4) is 0 Å². The highest BCUT2D eigenvalue weighted by atomic mass is 16.2. The Balaban J connectivity index is 1.99. The zero-order valence-corrected chi connectivity index (χ0v) is 11.7. The van der Waals surface area contributed by atoms with Gasteiger partial charge in [0.1, 0.15) is 5.69 Å². The van der Waals surface area contributed by atoms with Crippen molar-refractivity contribution in [3.05, 3.63) is 18.2 Å². The SMILES string of the molecule is CC1CCCC(C)N1NC(=O)c1cn(CCN)cn1. The third-order valence-electron chi connectivity index (χ3n) is 3.68. The van der Waals surface area contributed by atoms with Crippen molar-refractivity contribution in [2.45, 2.75) is 51.7 Å². The van der Waals surface area contributed by atoms with Crippen LogP contribution >= 0.6 is 0 Å². The third-order valence-corrected chi connectivity index (χ3v) is 3.68. The Labute approximate surface area is 113 Å². The number of nitrogens with two attached hydrogens (primary N) is 1. The van der Waals surface area contributed by atoms with Crippen LogP contribution in [-0.4, -0.2) is 39.1 Å². The Kier molecular flexibility index (Phi) is 4.55. The van der Waals surface area contributed by atoms with Crippen LogP contribution < -0.4 is 11.2 Å². The van der Waals surface area contributed by atoms with E-state index in [1.165, 1.54) is 6.42 Å². The number of carbonyl (C=O) groups is 1. The van der Waals surface area contributed by atoms with Gasteiger partial charge in [-0.25, -0.2) is 9.99 Å². The summed E-state index contributed by atoms with van der Waals surface area (Å²) in [5.74, 6) is -0.142. The number of hydrazine groups is 1. The molecule has 1 fully saturated rings. The Bertz CT molecular complexity index is 420. The summed E-state index contributed by atoms with van der Waals surface area (Å²) in [5, 5.41) is 2.05. The van der Waals surface area contributed by atoms with E-state index in [1.54, 1.807) is 12.5 Å². The predicted octanol–water partition coefficient (Wildman–Crippen LogP) is 0.750. The number of aromatic nitrogens is 2. The topological polar surface area (TPSA) is 76.2 Å². The van der Waals surface area contributed by atoms with Crippen LogP contribution in [0.2, 0.25) is 0 Å². The highest BCUT2D eigenvalue weighted by Crippen LogP contribution is 2.20. The fraction of sp³-hybridized carbons (Fsp3) is 0.692. The Morgan fingerprint density at radius 3 is 2.79 bits per heavy atom. The first kappa shape index (κ1) is 14.0. The lowest BCUT2D eigenvalue weighted by molar-refractivity contribution is 0.0366. The van der Waals surface area contributed by atoms with Gasteiger partial charge in [0.2, 0.25) is 0 Å². The zero-order valence-electron chi connectivity index (χ0n) is 11.7. The van der Waals surface area contributed by atoms with Gasteiger partial charge in [-0.05, 0) is 26.7 Å². The van der Waals surface area contributed by atoms with Crippen LogP contribution in [0.3, 0.4) is 0 Å². The summed E-state index contributed by atoms with van der Waals surface area (Å²) in [7, 11) is 0. The summed E-state index contributed by atoms with van der Waals surface area (Å²) in [6.45, 7) is 5.50. The molecule has 106 valence electrons. The Morgan fingerprint density at radius 2 is 2.16 bits per heavy atom. The number of hydrogen-bond acceptors (Lipinski definition) is 4. The largest absolute Gasteiger partial charge is 0.335 e. The minimum absolute atomic E-state index is 0.142. The minimum atomic E-state index is -0.142. The maximum atomic E-state index is 12.2. The molecule has 2 heterocycles. The average Bonchev–Trinajstić information content (AvgIpc) is 2.83. The molecule has 1 aliphatic rings. The van der Waals surface area contributed by atoms with Crippen LogP contribution in [0.5, 0.6) is 0 Å². The standard InChI is InChI=1S/C13H23N5O/c1-10-4-3-5-11(2)18(10)16-13(19)12-8-17(7-6-14)9-15-12/h8-11H,3-7,14H2,1-2H3,(H,16,19). The van der Waals surface area contributed by atoms with Crippen LogP contribution in [0.4, 0.5) is 0 Å². The fourth-order valence-corrected chi connectivity index (χ4v) is 2.56. The number of imidazole rings is 1. The maximum Gasteiger partial charge on any atom is 0.285 e. The lowest BCUT2D eigenvalue weighted by atomic mass is 10.00. The van der Waals surface area contributed by atoms with Gasteiger partial charge in [-0.15, -0.1) is 0 Å². The van der Waals surface area contributed by atoms with Gasteiger partial charge in [-0.3, -0.25) is 10.2 Å². The molecule has 0 saturated carbocycles. The van der Waals surface area contributed by atoms with Gasteiger partial charge in [0.05, 0.1) is 6.33 Å². The minimum Gasteiger partial charge on any atom is -0.335 e. The number of amides is 1. The van der Waals surface area contributed by atoms with E-state index >= 15 is 0 Å². The first-order chi connectivity index (χ1) is 9.11. The van der Waals surface area contributed by atoms with E-state index in [2.05, 4.69) is 24.3 Å². The lowest BCUT2D eigenvalue weighted by Gasteiger charge is -2.38. The second-order valence-electron chi connectivity index (χ2n) is 5.26.